The van der Waals surface area contributed by atoms with Gasteiger partial charge in [0, 0.05) is 23.8 Å². The minimum absolute atomic E-state index is 0.0198. The van der Waals surface area contributed by atoms with E-state index in [1.54, 1.807) is 0 Å². The second-order valence-corrected chi connectivity index (χ2v) is 6.37. The third-order valence-corrected chi connectivity index (χ3v) is 3.06. The van der Waals surface area contributed by atoms with Crippen LogP contribution in [0.5, 0.6) is 0 Å². The van der Waals surface area contributed by atoms with Gasteiger partial charge < -0.3 is 10.6 Å². The molecule has 1 aromatic heterocycles. The van der Waals surface area contributed by atoms with Crippen LogP contribution in [0.1, 0.15) is 37.6 Å². The summed E-state index contributed by atoms with van der Waals surface area (Å²) in [6, 6.07) is 10.3. The number of hydrogen-bond donors (Lipinski definition) is 2. The lowest BCUT2D eigenvalue weighted by Crippen LogP contribution is -2.27. The molecule has 2 N–H and O–H groups in total. The van der Waals surface area contributed by atoms with Crippen LogP contribution in [0.25, 0.3) is 0 Å². The number of hydrogen-bond acceptors (Lipinski definition) is 4. The first-order valence-corrected chi connectivity index (χ1v) is 7.26. The summed E-state index contributed by atoms with van der Waals surface area (Å²) in [5.74, 6) is 1.51. The Morgan fingerprint density at radius 2 is 1.76 bits per heavy atom. The summed E-state index contributed by atoms with van der Waals surface area (Å²) < 4.78 is 0. The molecule has 0 saturated heterocycles. The van der Waals surface area contributed by atoms with Crippen molar-refractivity contribution in [3.8, 4) is 0 Å². The molecule has 112 valence electrons. The molecule has 0 atom stereocenters. The van der Waals surface area contributed by atoms with Gasteiger partial charge in [-0.3, -0.25) is 0 Å². The van der Waals surface area contributed by atoms with E-state index in [4.69, 9.17) is 0 Å². The maximum Gasteiger partial charge on any atom is 0.225 e. The van der Waals surface area contributed by atoms with Crippen LogP contribution < -0.4 is 10.6 Å². The van der Waals surface area contributed by atoms with E-state index in [1.807, 2.05) is 25.1 Å². The van der Waals surface area contributed by atoms with Crippen molar-refractivity contribution in [2.24, 2.45) is 0 Å². The lowest BCUT2D eigenvalue weighted by atomic mass is 10.1. The highest BCUT2D eigenvalue weighted by Gasteiger charge is 2.11. The van der Waals surface area contributed by atoms with Crippen LogP contribution in [0, 0.1) is 13.8 Å². The molecule has 1 heterocycles. The van der Waals surface area contributed by atoms with Crippen LogP contribution >= 0.6 is 0 Å². The Morgan fingerprint density at radius 3 is 2.43 bits per heavy atom. The van der Waals surface area contributed by atoms with Crippen LogP contribution in [-0.4, -0.2) is 15.5 Å². The molecule has 0 fully saturated rings. The number of aromatic nitrogens is 2. The molecule has 1 aromatic carbocycles. The summed E-state index contributed by atoms with van der Waals surface area (Å²) in [7, 11) is 0. The molecule has 21 heavy (non-hydrogen) atoms. The number of benzene rings is 1. The topological polar surface area (TPSA) is 49.8 Å². The first-order chi connectivity index (χ1) is 9.83. The third-order valence-electron chi connectivity index (χ3n) is 3.06. The summed E-state index contributed by atoms with van der Waals surface area (Å²) in [6.07, 6.45) is 0. The standard InChI is InChI=1S/C17H24N4/c1-12-8-6-7-9-14(12)11-18-16-19-13(2)10-15(20-16)21-17(3,4)5/h6-10H,11H2,1-5H3,(H2,18,19,20,21). The molecule has 0 radical (unpaired) electrons. The van der Waals surface area contributed by atoms with Gasteiger partial charge in [0.05, 0.1) is 0 Å². The smallest absolute Gasteiger partial charge is 0.225 e. The van der Waals surface area contributed by atoms with E-state index in [0.29, 0.717) is 5.95 Å². The second kappa shape index (κ2) is 6.12. The van der Waals surface area contributed by atoms with Crippen LogP contribution in [0.4, 0.5) is 11.8 Å². The molecule has 0 aliphatic heterocycles. The molecular weight excluding hydrogens is 260 g/mol. The van der Waals surface area contributed by atoms with Crippen LogP contribution in [0.3, 0.4) is 0 Å². The molecule has 0 saturated carbocycles. The number of nitrogens with one attached hydrogen (secondary N) is 2. The zero-order valence-corrected chi connectivity index (χ0v) is 13.5. The van der Waals surface area contributed by atoms with Crippen LogP contribution in [0.15, 0.2) is 30.3 Å². The Balaban J connectivity index is 2.12. The predicted octanol–water partition coefficient (Wildman–Crippen LogP) is 3.92. The van der Waals surface area contributed by atoms with Crippen molar-refractivity contribution >= 4 is 11.8 Å². The number of nitrogens with zero attached hydrogens (tertiary/aromatic N) is 2. The summed E-state index contributed by atoms with van der Waals surface area (Å²) in [5.41, 5.74) is 3.45. The molecule has 2 rings (SSSR count). The Labute approximate surface area is 127 Å². The van der Waals surface area contributed by atoms with E-state index in [9.17, 15) is 0 Å². The highest BCUT2D eigenvalue weighted by atomic mass is 15.2. The van der Waals surface area contributed by atoms with Crippen molar-refractivity contribution in [2.75, 3.05) is 10.6 Å². The predicted molar refractivity (Wildman–Crippen MR) is 88.7 cm³/mol. The monoisotopic (exact) mass is 284 g/mol. The van der Waals surface area contributed by atoms with Crippen LogP contribution in [0.2, 0.25) is 0 Å². The fraction of sp³-hybridized carbons (Fsp3) is 0.412. The van der Waals surface area contributed by atoms with Crippen molar-refractivity contribution in [3.05, 3.63) is 47.2 Å². The maximum atomic E-state index is 4.53. The Kier molecular flexibility index (Phi) is 4.46. The molecule has 0 unspecified atom stereocenters. The lowest BCUT2D eigenvalue weighted by molar-refractivity contribution is 0.630. The van der Waals surface area contributed by atoms with Crippen molar-refractivity contribution < 1.29 is 0 Å². The summed E-state index contributed by atoms with van der Waals surface area (Å²) in [6.45, 7) is 11.2. The van der Waals surface area contributed by atoms with E-state index < -0.39 is 0 Å². The van der Waals surface area contributed by atoms with Crippen molar-refractivity contribution in [3.63, 3.8) is 0 Å². The fourth-order valence-electron chi connectivity index (χ4n) is 2.08. The van der Waals surface area contributed by atoms with Gasteiger partial charge in [-0.2, -0.15) is 4.98 Å². The van der Waals surface area contributed by atoms with E-state index in [0.717, 1.165) is 18.1 Å². The maximum absolute atomic E-state index is 4.53. The minimum Gasteiger partial charge on any atom is -0.365 e. The summed E-state index contributed by atoms with van der Waals surface area (Å²) in [5, 5.41) is 6.69. The summed E-state index contributed by atoms with van der Waals surface area (Å²) >= 11 is 0. The average molecular weight is 284 g/mol. The van der Waals surface area contributed by atoms with Gasteiger partial charge in [0.1, 0.15) is 5.82 Å². The molecule has 0 spiro atoms. The Morgan fingerprint density at radius 1 is 1.05 bits per heavy atom. The van der Waals surface area contributed by atoms with Gasteiger partial charge in [0.2, 0.25) is 5.95 Å². The van der Waals surface area contributed by atoms with E-state index >= 15 is 0 Å². The fourth-order valence-corrected chi connectivity index (χ4v) is 2.08. The van der Waals surface area contributed by atoms with E-state index in [-0.39, 0.29) is 5.54 Å². The average Bonchev–Trinajstić information content (AvgIpc) is 2.35. The number of aryl methyl sites for hydroxylation is 2. The third kappa shape index (κ3) is 4.74. The molecular formula is C17H24N4. The van der Waals surface area contributed by atoms with Gasteiger partial charge in [0.15, 0.2) is 0 Å². The zero-order chi connectivity index (χ0) is 15.5. The zero-order valence-electron chi connectivity index (χ0n) is 13.5. The number of anilines is 2. The molecule has 4 nitrogen and oxygen atoms in total. The normalized spacial score (nSPS) is 11.3. The van der Waals surface area contributed by atoms with E-state index in [2.05, 4.69) is 60.4 Å². The highest BCUT2D eigenvalue weighted by Crippen LogP contribution is 2.16. The molecule has 0 amide bonds. The number of rotatable bonds is 4. The Hall–Kier alpha value is -2.10. The van der Waals surface area contributed by atoms with Crippen molar-refractivity contribution in [1.29, 1.82) is 0 Å². The molecule has 0 aliphatic rings. The van der Waals surface area contributed by atoms with Crippen LogP contribution in [-0.2, 0) is 6.54 Å². The second-order valence-electron chi connectivity index (χ2n) is 6.37. The minimum atomic E-state index is -0.0198. The molecule has 2 aromatic rings. The largest absolute Gasteiger partial charge is 0.365 e. The lowest BCUT2D eigenvalue weighted by Gasteiger charge is -2.21. The van der Waals surface area contributed by atoms with Gasteiger partial charge in [-0.15, -0.1) is 0 Å². The van der Waals surface area contributed by atoms with Crippen molar-refractivity contribution in [1.82, 2.24) is 9.97 Å². The Bertz CT molecular complexity index is 614. The van der Waals surface area contributed by atoms with E-state index in [1.165, 1.54) is 11.1 Å². The van der Waals surface area contributed by atoms with Gasteiger partial charge in [-0.25, -0.2) is 4.98 Å². The summed E-state index contributed by atoms with van der Waals surface area (Å²) in [4.78, 5) is 8.98. The SMILES string of the molecule is Cc1cc(NC(C)(C)C)nc(NCc2ccccc2C)n1. The van der Waals surface area contributed by atoms with Gasteiger partial charge in [-0.1, -0.05) is 24.3 Å². The first-order valence-electron chi connectivity index (χ1n) is 7.26. The van der Waals surface area contributed by atoms with Gasteiger partial charge >= 0.3 is 0 Å². The first kappa shape index (κ1) is 15.3. The highest BCUT2D eigenvalue weighted by molar-refractivity contribution is 5.44. The quantitative estimate of drug-likeness (QED) is 0.893. The molecule has 4 heteroatoms. The van der Waals surface area contributed by atoms with Crippen molar-refractivity contribution in [2.45, 2.75) is 46.7 Å². The van der Waals surface area contributed by atoms with Gasteiger partial charge in [0.25, 0.3) is 0 Å². The molecule has 0 aliphatic carbocycles. The van der Waals surface area contributed by atoms with Gasteiger partial charge in [-0.05, 0) is 45.7 Å². The molecule has 0 bridgehead atoms.